The van der Waals surface area contributed by atoms with E-state index in [1.807, 2.05) is 57.2 Å². The molecule has 0 saturated heterocycles. The SMILES string of the molecule is CC(C)(C)c1cc(NC(=O)COC(=O)c2cccc(-n3cnnn3)c2)n(-c2ccccc2)n1. The summed E-state index contributed by atoms with van der Waals surface area (Å²) in [5, 5.41) is 18.4. The van der Waals surface area contributed by atoms with Crippen LogP contribution in [-0.2, 0) is 14.9 Å². The Balaban J connectivity index is 1.46. The van der Waals surface area contributed by atoms with Crippen molar-refractivity contribution in [2.45, 2.75) is 26.2 Å². The third-order valence-electron chi connectivity index (χ3n) is 4.78. The molecule has 0 aliphatic rings. The lowest BCUT2D eigenvalue weighted by Crippen LogP contribution is -2.22. The van der Waals surface area contributed by atoms with E-state index in [1.54, 1.807) is 28.9 Å². The fraction of sp³-hybridized carbons (Fsp3) is 0.217. The van der Waals surface area contributed by atoms with Crippen LogP contribution < -0.4 is 5.32 Å². The van der Waals surface area contributed by atoms with Crippen molar-refractivity contribution >= 4 is 17.7 Å². The minimum Gasteiger partial charge on any atom is -0.452 e. The van der Waals surface area contributed by atoms with E-state index in [0.717, 1.165) is 11.4 Å². The molecule has 0 aliphatic heterocycles. The number of hydrogen-bond donors (Lipinski definition) is 1. The van der Waals surface area contributed by atoms with Crippen LogP contribution in [0.1, 0.15) is 36.8 Å². The molecule has 0 radical (unpaired) electrons. The van der Waals surface area contributed by atoms with E-state index >= 15 is 0 Å². The summed E-state index contributed by atoms with van der Waals surface area (Å²) >= 11 is 0. The van der Waals surface area contributed by atoms with Crippen molar-refractivity contribution in [2.75, 3.05) is 11.9 Å². The predicted molar refractivity (Wildman–Crippen MR) is 120 cm³/mol. The fourth-order valence-corrected chi connectivity index (χ4v) is 3.05. The van der Waals surface area contributed by atoms with Gasteiger partial charge in [-0.05, 0) is 40.8 Å². The quantitative estimate of drug-likeness (QED) is 0.454. The molecule has 0 bridgehead atoms. The Bertz CT molecular complexity index is 1260. The van der Waals surface area contributed by atoms with Gasteiger partial charge in [-0.15, -0.1) is 5.10 Å². The Kier molecular flexibility index (Phi) is 5.99. The zero-order chi connectivity index (χ0) is 23.4. The van der Waals surface area contributed by atoms with Crippen LogP contribution in [0.15, 0.2) is 67.0 Å². The predicted octanol–water partition coefficient (Wildman–Crippen LogP) is 2.94. The zero-order valence-corrected chi connectivity index (χ0v) is 18.5. The molecule has 2 aromatic carbocycles. The van der Waals surface area contributed by atoms with Crippen LogP contribution >= 0.6 is 0 Å². The van der Waals surface area contributed by atoms with E-state index in [2.05, 4.69) is 25.9 Å². The second kappa shape index (κ2) is 9.03. The summed E-state index contributed by atoms with van der Waals surface area (Å²) in [7, 11) is 0. The zero-order valence-electron chi connectivity index (χ0n) is 18.5. The van der Waals surface area contributed by atoms with E-state index in [9.17, 15) is 9.59 Å². The third-order valence-corrected chi connectivity index (χ3v) is 4.78. The van der Waals surface area contributed by atoms with Crippen molar-refractivity contribution in [3.05, 3.63) is 78.2 Å². The number of amides is 1. The number of carbonyl (C=O) groups excluding carboxylic acids is 2. The smallest absolute Gasteiger partial charge is 0.338 e. The average Bonchev–Trinajstić information content (AvgIpc) is 3.48. The first-order valence-corrected chi connectivity index (χ1v) is 10.3. The number of rotatable bonds is 6. The van der Waals surface area contributed by atoms with Crippen LogP contribution in [0.3, 0.4) is 0 Å². The Morgan fingerprint density at radius 2 is 1.76 bits per heavy atom. The Labute approximate surface area is 190 Å². The van der Waals surface area contributed by atoms with E-state index in [1.165, 1.54) is 11.0 Å². The van der Waals surface area contributed by atoms with Crippen LogP contribution in [0, 0.1) is 0 Å². The monoisotopic (exact) mass is 445 g/mol. The van der Waals surface area contributed by atoms with Crippen LogP contribution in [0.25, 0.3) is 11.4 Å². The van der Waals surface area contributed by atoms with Crippen molar-refractivity contribution < 1.29 is 14.3 Å². The molecular weight excluding hydrogens is 422 g/mol. The highest BCUT2D eigenvalue weighted by Gasteiger charge is 2.22. The lowest BCUT2D eigenvalue weighted by atomic mass is 9.92. The molecule has 33 heavy (non-hydrogen) atoms. The molecular formula is C23H23N7O3. The van der Waals surface area contributed by atoms with Gasteiger partial charge < -0.3 is 10.1 Å². The van der Waals surface area contributed by atoms with Gasteiger partial charge in [-0.3, -0.25) is 4.79 Å². The van der Waals surface area contributed by atoms with E-state index < -0.39 is 18.5 Å². The van der Waals surface area contributed by atoms with E-state index in [4.69, 9.17) is 4.74 Å². The maximum atomic E-state index is 12.6. The molecule has 4 rings (SSSR count). The number of benzene rings is 2. The summed E-state index contributed by atoms with van der Waals surface area (Å²) in [6.07, 6.45) is 1.42. The topological polar surface area (TPSA) is 117 Å². The van der Waals surface area contributed by atoms with Crippen molar-refractivity contribution in [3.63, 3.8) is 0 Å². The first-order valence-electron chi connectivity index (χ1n) is 10.3. The minimum absolute atomic E-state index is 0.212. The van der Waals surface area contributed by atoms with Gasteiger partial charge >= 0.3 is 5.97 Å². The summed E-state index contributed by atoms with van der Waals surface area (Å²) in [5.74, 6) is -0.614. The van der Waals surface area contributed by atoms with E-state index in [0.29, 0.717) is 11.5 Å². The maximum Gasteiger partial charge on any atom is 0.338 e. The third kappa shape index (κ3) is 5.12. The molecule has 0 saturated carbocycles. The standard InChI is InChI=1S/C23H23N7O3/c1-23(2,3)19-13-20(30(26-19)17-9-5-4-6-10-17)25-21(31)14-33-22(32)16-8-7-11-18(12-16)29-15-24-27-28-29/h4-13,15H,14H2,1-3H3,(H,25,31). The number of anilines is 1. The van der Waals surface area contributed by atoms with Gasteiger partial charge in [-0.1, -0.05) is 45.0 Å². The lowest BCUT2D eigenvalue weighted by molar-refractivity contribution is -0.119. The van der Waals surface area contributed by atoms with Crippen LogP contribution in [-0.4, -0.2) is 48.5 Å². The van der Waals surface area contributed by atoms with Gasteiger partial charge in [0.15, 0.2) is 6.61 Å². The second-order valence-electron chi connectivity index (χ2n) is 8.34. The lowest BCUT2D eigenvalue weighted by Gasteiger charge is -2.14. The van der Waals surface area contributed by atoms with Gasteiger partial charge in [0.25, 0.3) is 5.91 Å². The van der Waals surface area contributed by atoms with Crippen LogP contribution in [0.2, 0.25) is 0 Å². The summed E-state index contributed by atoms with van der Waals surface area (Å²) in [4.78, 5) is 25.1. The molecule has 168 valence electrons. The van der Waals surface area contributed by atoms with Crippen LogP contribution in [0.4, 0.5) is 5.82 Å². The van der Waals surface area contributed by atoms with Crippen molar-refractivity contribution in [3.8, 4) is 11.4 Å². The molecule has 1 N–H and O–H groups in total. The molecule has 2 aromatic heterocycles. The van der Waals surface area contributed by atoms with Gasteiger partial charge in [0, 0.05) is 11.5 Å². The highest BCUT2D eigenvalue weighted by atomic mass is 16.5. The number of tetrazole rings is 1. The normalized spacial score (nSPS) is 11.2. The average molecular weight is 445 g/mol. The summed E-state index contributed by atoms with van der Waals surface area (Å²) < 4.78 is 8.29. The number of carbonyl (C=O) groups is 2. The molecule has 0 fully saturated rings. The van der Waals surface area contributed by atoms with Crippen molar-refractivity contribution in [1.82, 2.24) is 30.0 Å². The van der Waals surface area contributed by atoms with Gasteiger partial charge in [0.2, 0.25) is 0 Å². The maximum absolute atomic E-state index is 12.6. The molecule has 0 atom stereocenters. The number of aromatic nitrogens is 6. The minimum atomic E-state index is -0.632. The fourth-order valence-electron chi connectivity index (χ4n) is 3.05. The Hall–Kier alpha value is -4.34. The highest BCUT2D eigenvalue weighted by Crippen LogP contribution is 2.26. The first kappa shape index (κ1) is 21.9. The van der Waals surface area contributed by atoms with Gasteiger partial charge in [0.1, 0.15) is 12.1 Å². The number of nitrogens with zero attached hydrogens (tertiary/aromatic N) is 6. The second-order valence-corrected chi connectivity index (χ2v) is 8.34. The largest absolute Gasteiger partial charge is 0.452 e. The van der Waals surface area contributed by atoms with Crippen molar-refractivity contribution in [2.24, 2.45) is 0 Å². The number of hydrogen-bond acceptors (Lipinski definition) is 7. The number of nitrogens with one attached hydrogen (secondary N) is 1. The van der Waals surface area contributed by atoms with E-state index in [-0.39, 0.29) is 11.0 Å². The first-order chi connectivity index (χ1) is 15.8. The number of ether oxygens (including phenoxy) is 1. The molecule has 10 heteroatoms. The van der Waals surface area contributed by atoms with Gasteiger partial charge in [0.05, 0.1) is 22.6 Å². The summed E-state index contributed by atoms with van der Waals surface area (Å²) in [5.41, 5.74) is 2.29. The van der Waals surface area contributed by atoms with Crippen LogP contribution in [0.5, 0.6) is 0 Å². The number of esters is 1. The summed E-state index contributed by atoms with van der Waals surface area (Å²) in [6.45, 7) is 5.68. The molecule has 10 nitrogen and oxygen atoms in total. The molecule has 0 unspecified atom stereocenters. The molecule has 2 heterocycles. The molecule has 4 aromatic rings. The van der Waals surface area contributed by atoms with Crippen molar-refractivity contribution in [1.29, 1.82) is 0 Å². The Morgan fingerprint density at radius 1 is 1.00 bits per heavy atom. The van der Waals surface area contributed by atoms with Gasteiger partial charge in [-0.25, -0.2) is 14.2 Å². The Morgan fingerprint density at radius 3 is 2.45 bits per heavy atom. The molecule has 0 spiro atoms. The number of para-hydroxylation sites is 1. The molecule has 1 amide bonds. The molecule has 0 aliphatic carbocycles. The summed E-state index contributed by atoms with van der Waals surface area (Å²) in [6, 6.07) is 17.9. The highest BCUT2D eigenvalue weighted by molar-refractivity contribution is 5.95. The van der Waals surface area contributed by atoms with Gasteiger partial charge in [-0.2, -0.15) is 5.10 Å².